The zero-order chi connectivity index (χ0) is 13.0. The number of nitrogens with one attached hydrogen (secondary N) is 1. The van der Waals surface area contributed by atoms with Gasteiger partial charge in [0.05, 0.1) is 6.04 Å². The van der Waals surface area contributed by atoms with Gasteiger partial charge in [0.2, 0.25) is 0 Å². The quantitative estimate of drug-likeness (QED) is 0.835. The Labute approximate surface area is 122 Å². The molecule has 0 fully saturated rings. The maximum Gasteiger partial charge on any atom is 0.130 e. The van der Waals surface area contributed by atoms with Crippen molar-refractivity contribution in [1.82, 2.24) is 14.9 Å². The second kappa shape index (κ2) is 6.33. The Kier molecular flexibility index (Phi) is 4.77. The van der Waals surface area contributed by atoms with Gasteiger partial charge in [-0.25, -0.2) is 4.98 Å². The molecule has 0 radical (unpaired) electrons. The zero-order valence-electron chi connectivity index (χ0n) is 10.7. The van der Waals surface area contributed by atoms with Gasteiger partial charge in [-0.05, 0) is 53.8 Å². The highest BCUT2D eigenvalue weighted by Gasteiger charge is 2.17. The maximum absolute atomic E-state index is 4.50. The van der Waals surface area contributed by atoms with E-state index in [1.54, 1.807) is 0 Å². The number of hydrogen-bond donors (Lipinski definition) is 1. The lowest BCUT2D eigenvalue weighted by Crippen LogP contribution is -2.25. The summed E-state index contributed by atoms with van der Waals surface area (Å²) >= 11 is 2.33. The molecule has 1 unspecified atom stereocenters. The first-order valence-electron chi connectivity index (χ1n) is 6.26. The minimum absolute atomic E-state index is 0.168. The molecule has 0 aliphatic heterocycles. The van der Waals surface area contributed by atoms with Crippen molar-refractivity contribution in [1.29, 1.82) is 0 Å². The average Bonchev–Trinajstić information content (AvgIpc) is 2.85. The summed E-state index contributed by atoms with van der Waals surface area (Å²) in [6.07, 6.45) is 3.90. The highest BCUT2D eigenvalue weighted by Crippen LogP contribution is 2.21. The fourth-order valence-electron chi connectivity index (χ4n) is 2.07. The van der Waals surface area contributed by atoms with Crippen LogP contribution in [0.5, 0.6) is 0 Å². The molecule has 0 spiro atoms. The molecular formula is C14H18IN3. The third-order valence-corrected chi connectivity index (χ3v) is 3.68. The number of aromatic nitrogens is 2. The second-order valence-corrected chi connectivity index (χ2v) is 5.36. The van der Waals surface area contributed by atoms with Crippen LogP contribution in [0.25, 0.3) is 0 Å². The molecule has 0 bridgehead atoms. The fraction of sp³-hybridized carbons (Fsp3) is 0.357. The normalized spacial score (nSPS) is 12.6. The van der Waals surface area contributed by atoms with Crippen LogP contribution in [0.3, 0.4) is 0 Å². The van der Waals surface area contributed by atoms with Gasteiger partial charge in [-0.15, -0.1) is 0 Å². The van der Waals surface area contributed by atoms with Crippen molar-refractivity contribution in [3.63, 3.8) is 0 Å². The summed E-state index contributed by atoms with van der Waals surface area (Å²) in [5.74, 6) is 1.08. The molecule has 1 aromatic heterocycles. The number of hydrogen-bond acceptors (Lipinski definition) is 2. The standard InChI is InChI=1S/C14H18IN3/c1-3-16-13(11-5-7-12(15)8-6-11)14-17-9-10-18(14)4-2/h5-10,13,16H,3-4H2,1-2H3. The number of benzene rings is 1. The van der Waals surface area contributed by atoms with Crippen molar-refractivity contribution in [3.8, 4) is 0 Å². The molecule has 0 saturated carbocycles. The highest BCUT2D eigenvalue weighted by molar-refractivity contribution is 14.1. The summed E-state index contributed by atoms with van der Waals surface area (Å²) in [4.78, 5) is 4.50. The molecule has 96 valence electrons. The fourth-order valence-corrected chi connectivity index (χ4v) is 2.43. The van der Waals surface area contributed by atoms with Crippen LogP contribution in [0.4, 0.5) is 0 Å². The first kappa shape index (κ1) is 13.5. The number of aryl methyl sites for hydroxylation is 1. The van der Waals surface area contributed by atoms with Crippen LogP contribution >= 0.6 is 22.6 Å². The van der Waals surface area contributed by atoms with Gasteiger partial charge in [-0.3, -0.25) is 0 Å². The van der Waals surface area contributed by atoms with E-state index >= 15 is 0 Å². The Morgan fingerprint density at radius 3 is 2.61 bits per heavy atom. The second-order valence-electron chi connectivity index (χ2n) is 4.11. The van der Waals surface area contributed by atoms with Crippen molar-refractivity contribution < 1.29 is 0 Å². The first-order valence-corrected chi connectivity index (χ1v) is 7.34. The SMILES string of the molecule is CCNC(c1ccc(I)cc1)c1nccn1CC. The monoisotopic (exact) mass is 355 g/mol. The van der Waals surface area contributed by atoms with Gasteiger partial charge in [0.25, 0.3) is 0 Å². The van der Waals surface area contributed by atoms with Crippen molar-refractivity contribution >= 4 is 22.6 Å². The molecule has 0 amide bonds. The van der Waals surface area contributed by atoms with E-state index in [1.165, 1.54) is 9.13 Å². The van der Waals surface area contributed by atoms with Gasteiger partial charge >= 0.3 is 0 Å². The van der Waals surface area contributed by atoms with Gasteiger partial charge in [0.15, 0.2) is 0 Å². The molecule has 2 aromatic rings. The molecule has 0 saturated heterocycles. The lowest BCUT2D eigenvalue weighted by molar-refractivity contribution is 0.559. The molecule has 0 aliphatic rings. The molecule has 1 aromatic carbocycles. The van der Waals surface area contributed by atoms with E-state index in [0.29, 0.717) is 0 Å². The maximum atomic E-state index is 4.50. The van der Waals surface area contributed by atoms with Crippen LogP contribution in [-0.4, -0.2) is 16.1 Å². The van der Waals surface area contributed by atoms with Crippen LogP contribution in [-0.2, 0) is 6.54 Å². The van der Waals surface area contributed by atoms with Crippen LogP contribution < -0.4 is 5.32 Å². The Morgan fingerprint density at radius 2 is 2.00 bits per heavy atom. The highest BCUT2D eigenvalue weighted by atomic mass is 127. The summed E-state index contributed by atoms with van der Waals surface area (Å²) in [7, 11) is 0. The van der Waals surface area contributed by atoms with Gasteiger partial charge in [0, 0.05) is 22.5 Å². The topological polar surface area (TPSA) is 29.9 Å². The van der Waals surface area contributed by atoms with E-state index in [9.17, 15) is 0 Å². The smallest absolute Gasteiger partial charge is 0.130 e. The molecule has 1 N–H and O–H groups in total. The minimum atomic E-state index is 0.168. The van der Waals surface area contributed by atoms with E-state index in [-0.39, 0.29) is 6.04 Å². The molecule has 1 atom stereocenters. The lowest BCUT2D eigenvalue weighted by Gasteiger charge is -2.19. The van der Waals surface area contributed by atoms with Gasteiger partial charge in [0.1, 0.15) is 5.82 Å². The van der Waals surface area contributed by atoms with Crippen molar-refractivity contribution in [2.24, 2.45) is 0 Å². The van der Waals surface area contributed by atoms with Crippen molar-refractivity contribution in [2.45, 2.75) is 26.4 Å². The zero-order valence-corrected chi connectivity index (χ0v) is 12.9. The third kappa shape index (κ3) is 2.92. The number of nitrogens with zero attached hydrogens (tertiary/aromatic N) is 2. The molecule has 4 heteroatoms. The molecule has 1 heterocycles. The van der Waals surface area contributed by atoms with E-state index in [4.69, 9.17) is 0 Å². The summed E-state index contributed by atoms with van der Waals surface area (Å²) < 4.78 is 3.44. The van der Waals surface area contributed by atoms with Crippen LogP contribution in [0, 0.1) is 3.57 Å². The Morgan fingerprint density at radius 1 is 1.28 bits per heavy atom. The van der Waals surface area contributed by atoms with Crippen molar-refractivity contribution in [3.05, 3.63) is 51.6 Å². The summed E-state index contributed by atoms with van der Waals surface area (Å²) in [6.45, 7) is 6.13. The number of halogens is 1. The Bertz CT molecular complexity index is 490. The summed E-state index contributed by atoms with van der Waals surface area (Å²) in [5.41, 5.74) is 1.26. The van der Waals surface area contributed by atoms with E-state index in [0.717, 1.165) is 18.9 Å². The molecular weight excluding hydrogens is 337 g/mol. The first-order chi connectivity index (χ1) is 8.76. The van der Waals surface area contributed by atoms with Crippen LogP contribution in [0.1, 0.15) is 31.3 Å². The largest absolute Gasteiger partial charge is 0.334 e. The van der Waals surface area contributed by atoms with E-state index in [2.05, 4.69) is 75.6 Å². The number of rotatable bonds is 5. The predicted octanol–water partition coefficient (Wildman–Crippen LogP) is 3.21. The average molecular weight is 355 g/mol. The van der Waals surface area contributed by atoms with Gasteiger partial charge in [-0.1, -0.05) is 19.1 Å². The van der Waals surface area contributed by atoms with E-state index < -0.39 is 0 Å². The molecule has 18 heavy (non-hydrogen) atoms. The molecule has 0 aliphatic carbocycles. The van der Waals surface area contributed by atoms with Gasteiger partial charge in [-0.2, -0.15) is 0 Å². The van der Waals surface area contributed by atoms with E-state index in [1.807, 2.05) is 12.4 Å². The lowest BCUT2D eigenvalue weighted by atomic mass is 10.1. The third-order valence-electron chi connectivity index (χ3n) is 2.96. The summed E-state index contributed by atoms with van der Waals surface area (Å²) in [5, 5.41) is 3.51. The Hall–Kier alpha value is -0.880. The predicted molar refractivity (Wildman–Crippen MR) is 82.6 cm³/mol. The summed E-state index contributed by atoms with van der Waals surface area (Å²) in [6, 6.07) is 8.79. The number of imidazole rings is 1. The van der Waals surface area contributed by atoms with Gasteiger partial charge < -0.3 is 9.88 Å². The Balaban J connectivity index is 2.36. The minimum Gasteiger partial charge on any atom is -0.334 e. The van der Waals surface area contributed by atoms with Crippen LogP contribution in [0.15, 0.2) is 36.7 Å². The molecule has 3 nitrogen and oxygen atoms in total. The molecule has 2 rings (SSSR count). The van der Waals surface area contributed by atoms with Crippen LogP contribution in [0.2, 0.25) is 0 Å². The van der Waals surface area contributed by atoms with Crippen molar-refractivity contribution in [2.75, 3.05) is 6.54 Å².